The fourth-order valence-electron chi connectivity index (χ4n) is 1.87. The van der Waals surface area contributed by atoms with Gasteiger partial charge in [-0.25, -0.2) is 0 Å². The Kier molecular flexibility index (Phi) is 4.67. The highest BCUT2D eigenvalue weighted by Crippen LogP contribution is 2.35. The van der Waals surface area contributed by atoms with Gasteiger partial charge in [0.1, 0.15) is 15.8 Å². The van der Waals surface area contributed by atoms with E-state index in [0.29, 0.717) is 27.3 Å². The second-order valence-electron chi connectivity index (χ2n) is 4.03. The summed E-state index contributed by atoms with van der Waals surface area (Å²) in [5.74, 6) is 1.34. The number of rotatable bonds is 4. The van der Waals surface area contributed by atoms with Gasteiger partial charge in [-0.1, -0.05) is 24.0 Å². The normalized spacial score (nSPS) is 16.9. The van der Waals surface area contributed by atoms with Gasteiger partial charge in [-0.15, -0.1) is 0 Å². The number of thioether (sulfide) groups is 1. The molecule has 106 valence electrons. The smallest absolute Gasteiger partial charge is 0.266 e. The van der Waals surface area contributed by atoms with Crippen LogP contribution in [0.2, 0.25) is 0 Å². The summed E-state index contributed by atoms with van der Waals surface area (Å²) in [7, 11) is 3.19. The highest BCUT2D eigenvalue weighted by molar-refractivity contribution is 8.26. The van der Waals surface area contributed by atoms with E-state index in [-0.39, 0.29) is 5.91 Å². The molecule has 1 aliphatic heterocycles. The van der Waals surface area contributed by atoms with Gasteiger partial charge in [-0.05, 0) is 31.2 Å². The topological polar surface area (TPSA) is 38.8 Å². The number of methoxy groups -OCH3 is 2. The minimum atomic E-state index is -0.0626. The van der Waals surface area contributed by atoms with Crippen LogP contribution in [0, 0.1) is 0 Å². The maximum absolute atomic E-state index is 12.2. The monoisotopic (exact) mass is 309 g/mol. The first-order valence-electron chi connectivity index (χ1n) is 6.08. The quantitative estimate of drug-likeness (QED) is 0.631. The zero-order valence-corrected chi connectivity index (χ0v) is 13.1. The number of hydrogen-bond donors (Lipinski definition) is 0. The Balaban J connectivity index is 2.40. The molecule has 6 heteroatoms. The van der Waals surface area contributed by atoms with Crippen molar-refractivity contribution < 1.29 is 14.3 Å². The Morgan fingerprint density at radius 1 is 1.35 bits per heavy atom. The van der Waals surface area contributed by atoms with Gasteiger partial charge < -0.3 is 9.47 Å². The van der Waals surface area contributed by atoms with Crippen LogP contribution in [0.4, 0.5) is 0 Å². The van der Waals surface area contributed by atoms with E-state index in [1.807, 2.05) is 25.1 Å². The summed E-state index contributed by atoms with van der Waals surface area (Å²) in [6.45, 7) is 2.48. The van der Waals surface area contributed by atoms with Crippen LogP contribution in [0.25, 0.3) is 6.08 Å². The number of benzene rings is 1. The average Bonchev–Trinajstić information content (AvgIpc) is 2.72. The Morgan fingerprint density at radius 2 is 2.10 bits per heavy atom. The summed E-state index contributed by atoms with van der Waals surface area (Å²) in [5, 5.41) is 0. The third kappa shape index (κ3) is 2.81. The third-order valence-electron chi connectivity index (χ3n) is 2.91. The number of nitrogens with zero attached hydrogens (tertiary/aromatic N) is 1. The maximum atomic E-state index is 12.2. The second-order valence-corrected chi connectivity index (χ2v) is 5.71. The van der Waals surface area contributed by atoms with Gasteiger partial charge in [0, 0.05) is 12.1 Å². The minimum Gasteiger partial charge on any atom is -0.497 e. The molecule has 1 aromatic carbocycles. The first kappa shape index (κ1) is 14.9. The zero-order valence-electron chi connectivity index (χ0n) is 11.5. The minimum absolute atomic E-state index is 0.0626. The summed E-state index contributed by atoms with van der Waals surface area (Å²) >= 11 is 6.50. The molecule has 1 fully saturated rings. The maximum Gasteiger partial charge on any atom is 0.266 e. The Bertz CT molecular complexity index is 584. The van der Waals surface area contributed by atoms with Gasteiger partial charge in [-0.3, -0.25) is 9.69 Å². The van der Waals surface area contributed by atoms with Crippen molar-refractivity contribution in [3.8, 4) is 11.5 Å². The van der Waals surface area contributed by atoms with Crippen LogP contribution in [-0.2, 0) is 4.79 Å². The summed E-state index contributed by atoms with van der Waals surface area (Å²) in [6.07, 6.45) is 1.79. The lowest BCUT2D eigenvalue weighted by atomic mass is 10.1. The lowest BCUT2D eigenvalue weighted by molar-refractivity contribution is -0.121. The molecule has 1 amide bonds. The number of amides is 1. The Hall–Kier alpha value is -1.53. The molecule has 4 nitrogen and oxygen atoms in total. The third-order valence-corrected chi connectivity index (χ3v) is 4.29. The predicted octanol–water partition coefficient (Wildman–Crippen LogP) is 2.92. The molecular weight excluding hydrogens is 294 g/mol. The Labute approximate surface area is 127 Å². The first-order chi connectivity index (χ1) is 9.60. The number of ether oxygens (including phenoxy) is 2. The van der Waals surface area contributed by atoms with Crippen molar-refractivity contribution in [1.29, 1.82) is 0 Å². The number of hydrogen-bond acceptors (Lipinski definition) is 5. The van der Waals surface area contributed by atoms with Gasteiger partial charge in [0.25, 0.3) is 5.91 Å². The van der Waals surface area contributed by atoms with E-state index in [9.17, 15) is 4.79 Å². The van der Waals surface area contributed by atoms with Crippen LogP contribution in [0.1, 0.15) is 12.5 Å². The molecule has 1 heterocycles. The van der Waals surface area contributed by atoms with Gasteiger partial charge in [0.15, 0.2) is 0 Å². The van der Waals surface area contributed by atoms with Crippen LogP contribution >= 0.6 is 24.0 Å². The van der Waals surface area contributed by atoms with E-state index in [0.717, 1.165) is 5.56 Å². The lowest BCUT2D eigenvalue weighted by Crippen LogP contribution is -2.27. The molecule has 0 saturated carbocycles. The molecule has 0 N–H and O–H groups in total. The number of carbonyl (C=O) groups excluding carboxylic acids is 1. The lowest BCUT2D eigenvalue weighted by Gasteiger charge is -2.10. The molecule has 1 saturated heterocycles. The number of thiocarbonyl (C=S) groups is 1. The van der Waals surface area contributed by atoms with E-state index < -0.39 is 0 Å². The van der Waals surface area contributed by atoms with Gasteiger partial charge >= 0.3 is 0 Å². The predicted molar refractivity (Wildman–Crippen MR) is 85.1 cm³/mol. The van der Waals surface area contributed by atoms with Gasteiger partial charge in [-0.2, -0.15) is 0 Å². The zero-order chi connectivity index (χ0) is 14.7. The first-order valence-corrected chi connectivity index (χ1v) is 7.30. The second kappa shape index (κ2) is 6.28. The van der Waals surface area contributed by atoms with Crippen molar-refractivity contribution in [3.63, 3.8) is 0 Å². The largest absolute Gasteiger partial charge is 0.497 e. The highest BCUT2D eigenvalue weighted by atomic mass is 32.2. The molecule has 2 rings (SSSR count). The van der Waals surface area contributed by atoms with Gasteiger partial charge in [0.05, 0.1) is 19.1 Å². The molecule has 1 aromatic rings. The van der Waals surface area contributed by atoms with Crippen LogP contribution in [-0.4, -0.2) is 35.9 Å². The molecule has 0 aliphatic carbocycles. The summed E-state index contributed by atoms with van der Waals surface area (Å²) < 4.78 is 11.1. The van der Waals surface area contributed by atoms with Crippen molar-refractivity contribution in [1.82, 2.24) is 4.90 Å². The highest BCUT2D eigenvalue weighted by Gasteiger charge is 2.30. The van der Waals surface area contributed by atoms with E-state index in [4.69, 9.17) is 21.7 Å². The summed E-state index contributed by atoms with van der Waals surface area (Å²) in [5.41, 5.74) is 0.795. The molecular formula is C14H15NO3S2. The van der Waals surface area contributed by atoms with E-state index >= 15 is 0 Å². The van der Waals surface area contributed by atoms with Crippen LogP contribution in [0.15, 0.2) is 23.1 Å². The van der Waals surface area contributed by atoms with E-state index in [2.05, 4.69) is 0 Å². The van der Waals surface area contributed by atoms with Crippen molar-refractivity contribution >= 4 is 40.3 Å². The SMILES string of the molecule is CCN1C(=O)/C(=C\c2cc(OC)ccc2OC)SC1=S. The van der Waals surface area contributed by atoms with E-state index in [1.165, 1.54) is 11.8 Å². The number of carbonyl (C=O) groups is 1. The summed E-state index contributed by atoms with van der Waals surface area (Å²) in [6, 6.07) is 5.45. The molecule has 0 atom stereocenters. The standard InChI is InChI=1S/C14H15NO3S2/c1-4-15-13(16)12(20-14(15)19)8-9-7-10(17-2)5-6-11(9)18-3/h5-8H,4H2,1-3H3/b12-8+. The molecule has 0 radical (unpaired) electrons. The van der Waals surface area contributed by atoms with Gasteiger partial charge in [0.2, 0.25) is 0 Å². The van der Waals surface area contributed by atoms with Crippen LogP contribution in [0.5, 0.6) is 11.5 Å². The summed E-state index contributed by atoms with van der Waals surface area (Å²) in [4.78, 5) is 14.4. The molecule has 0 unspecified atom stereocenters. The van der Waals surface area contributed by atoms with Crippen LogP contribution in [0.3, 0.4) is 0 Å². The van der Waals surface area contributed by atoms with Crippen molar-refractivity contribution in [2.45, 2.75) is 6.92 Å². The fraction of sp³-hybridized carbons (Fsp3) is 0.286. The number of likely N-dealkylation sites (N-methyl/N-ethyl adjacent to an activating group) is 1. The van der Waals surface area contributed by atoms with Crippen molar-refractivity contribution in [2.75, 3.05) is 20.8 Å². The fourth-order valence-corrected chi connectivity index (χ4v) is 3.24. The van der Waals surface area contributed by atoms with Crippen LogP contribution < -0.4 is 9.47 Å². The molecule has 1 aliphatic rings. The molecule has 0 bridgehead atoms. The molecule has 20 heavy (non-hydrogen) atoms. The average molecular weight is 309 g/mol. The molecule has 0 aromatic heterocycles. The van der Waals surface area contributed by atoms with Crippen molar-refractivity contribution in [2.24, 2.45) is 0 Å². The Morgan fingerprint density at radius 3 is 2.65 bits per heavy atom. The molecule has 0 spiro atoms. The van der Waals surface area contributed by atoms with E-state index in [1.54, 1.807) is 25.2 Å². The van der Waals surface area contributed by atoms with Crippen molar-refractivity contribution in [3.05, 3.63) is 28.7 Å².